The Morgan fingerprint density at radius 2 is 2.13 bits per heavy atom. The van der Waals surface area contributed by atoms with Gasteiger partial charge in [-0.25, -0.2) is 8.78 Å². The Balaban J connectivity index is 2.73. The van der Waals surface area contributed by atoms with Crippen molar-refractivity contribution in [1.29, 1.82) is 0 Å². The second kappa shape index (κ2) is 5.21. The Bertz CT molecular complexity index is 368. The lowest BCUT2D eigenvalue weighted by Gasteiger charge is -2.07. The van der Waals surface area contributed by atoms with Crippen LogP contribution in [0.25, 0.3) is 0 Å². The molecule has 2 nitrogen and oxygen atoms in total. The fourth-order valence-corrected chi connectivity index (χ4v) is 1.65. The first kappa shape index (κ1) is 12.1. The predicted molar refractivity (Wildman–Crippen MR) is 54.8 cm³/mol. The number of carbonyl (C=O) groups excluding carboxylic acids is 1. The minimum absolute atomic E-state index is 0.254. The molecule has 0 N–H and O–H groups in total. The molecule has 1 unspecified atom stereocenters. The van der Waals surface area contributed by atoms with E-state index in [0.717, 1.165) is 12.1 Å². The zero-order valence-corrected chi connectivity index (χ0v) is 9.55. The summed E-state index contributed by atoms with van der Waals surface area (Å²) in [5.74, 6) is -2.26. The Morgan fingerprint density at radius 1 is 1.47 bits per heavy atom. The highest BCUT2D eigenvalue weighted by Crippen LogP contribution is 2.14. The molecular weight excluding hydrogens is 270 g/mol. The molecule has 5 heteroatoms. The number of carbonyl (C=O) groups is 1. The summed E-state index contributed by atoms with van der Waals surface area (Å²) in [5.41, 5.74) is 0.529. The highest BCUT2D eigenvalue weighted by atomic mass is 79.9. The average Bonchev–Trinajstić information content (AvgIpc) is 2.22. The Labute approximate surface area is 94.4 Å². The van der Waals surface area contributed by atoms with Crippen molar-refractivity contribution in [2.75, 3.05) is 7.11 Å². The van der Waals surface area contributed by atoms with Crippen LogP contribution in [-0.2, 0) is 16.0 Å². The van der Waals surface area contributed by atoms with Crippen molar-refractivity contribution in [2.45, 2.75) is 11.2 Å². The number of esters is 1. The van der Waals surface area contributed by atoms with Crippen LogP contribution in [0.3, 0.4) is 0 Å². The van der Waals surface area contributed by atoms with Crippen LogP contribution in [0.5, 0.6) is 0 Å². The lowest BCUT2D eigenvalue weighted by molar-refractivity contribution is -0.139. The van der Waals surface area contributed by atoms with Crippen LogP contribution in [0.15, 0.2) is 18.2 Å². The first-order valence-corrected chi connectivity index (χ1v) is 5.12. The van der Waals surface area contributed by atoms with Crippen molar-refractivity contribution in [1.82, 2.24) is 0 Å². The monoisotopic (exact) mass is 278 g/mol. The quantitative estimate of drug-likeness (QED) is 0.627. The zero-order chi connectivity index (χ0) is 11.4. The number of ether oxygens (including phenoxy) is 1. The van der Waals surface area contributed by atoms with Crippen molar-refractivity contribution >= 4 is 21.9 Å². The van der Waals surface area contributed by atoms with E-state index in [1.807, 2.05) is 0 Å². The molecule has 1 rings (SSSR count). The van der Waals surface area contributed by atoms with Crippen LogP contribution >= 0.6 is 15.9 Å². The minimum Gasteiger partial charge on any atom is -0.468 e. The number of benzene rings is 1. The Morgan fingerprint density at radius 3 is 2.67 bits per heavy atom. The number of rotatable bonds is 3. The van der Waals surface area contributed by atoms with Crippen LogP contribution < -0.4 is 0 Å². The molecule has 0 saturated heterocycles. The summed E-state index contributed by atoms with van der Waals surface area (Å²) >= 11 is 3.09. The standard InChI is InChI=1S/C10H9BrF2O2/c1-15-10(14)7(11)4-6-2-3-8(12)9(13)5-6/h2-3,5,7H,4H2,1H3. The van der Waals surface area contributed by atoms with Crippen molar-refractivity contribution in [3.05, 3.63) is 35.4 Å². The molecule has 0 aromatic heterocycles. The third-order valence-corrected chi connectivity index (χ3v) is 2.55. The van der Waals surface area contributed by atoms with Crippen molar-refractivity contribution in [3.8, 4) is 0 Å². The molecule has 0 bridgehead atoms. The summed E-state index contributed by atoms with van der Waals surface area (Å²) in [7, 11) is 1.27. The van der Waals surface area contributed by atoms with E-state index in [1.54, 1.807) is 0 Å². The van der Waals surface area contributed by atoms with Crippen molar-refractivity contribution in [2.24, 2.45) is 0 Å². The van der Waals surface area contributed by atoms with Gasteiger partial charge in [0, 0.05) is 0 Å². The molecule has 1 aromatic carbocycles. The van der Waals surface area contributed by atoms with E-state index in [4.69, 9.17) is 0 Å². The maximum Gasteiger partial charge on any atom is 0.319 e. The highest BCUT2D eigenvalue weighted by molar-refractivity contribution is 9.10. The van der Waals surface area contributed by atoms with Crippen molar-refractivity contribution < 1.29 is 18.3 Å². The van der Waals surface area contributed by atoms with Crippen LogP contribution in [0.4, 0.5) is 8.78 Å². The normalized spacial score (nSPS) is 12.3. The molecule has 0 amide bonds. The molecule has 0 fully saturated rings. The molecular formula is C10H9BrF2O2. The molecule has 0 heterocycles. The van der Waals surface area contributed by atoms with Gasteiger partial charge >= 0.3 is 5.97 Å². The van der Waals surface area contributed by atoms with Gasteiger partial charge in [-0.3, -0.25) is 4.79 Å². The summed E-state index contributed by atoms with van der Waals surface area (Å²) in [4.78, 5) is 10.5. The fraction of sp³-hybridized carbons (Fsp3) is 0.300. The summed E-state index contributed by atoms with van der Waals surface area (Å²) in [6.45, 7) is 0. The maximum absolute atomic E-state index is 12.8. The predicted octanol–water partition coefficient (Wildman–Crippen LogP) is 2.44. The van der Waals surface area contributed by atoms with Crippen LogP contribution in [-0.4, -0.2) is 17.9 Å². The smallest absolute Gasteiger partial charge is 0.319 e. The Kier molecular flexibility index (Phi) is 4.20. The first-order valence-electron chi connectivity index (χ1n) is 4.20. The van der Waals surface area contributed by atoms with Gasteiger partial charge in [0.15, 0.2) is 11.6 Å². The van der Waals surface area contributed by atoms with E-state index in [2.05, 4.69) is 20.7 Å². The third kappa shape index (κ3) is 3.27. The van der Waals surface area contributed by atoms with E-state index in [0.29, 0.717) is 5.56 Å². The van der Waals surface area contributed by atoms with Gasteiger partial charge in [0.1, 0.15) is 4.83 Å². The molecule has 0 aliphatic carbocycles. The number of hydrogen-bond donors (Lipinski definition) is 0. The van der Waals surface area contributed by atoms with Gasteiger partial charge in [-0.15, -0.1) is 0 Å². The van der Waals surface area contributed by atoms with E-state index in [1.165, 1.54) is 13.2 Å². The second-order valence-corrected chi connectivity index (χ2v) is 4.05. The number of methoxy groups -OCH3 is 1. The molecule has 0 spiro atoms. The summed E-state index contributed by atoms with van der Waals surface area (Å²) in [5, 5.41) is 0. The topological polar surface area (TPSA) is 26.3 Å². The maximum atomic E-state index is 12.8. The molecule has 82 valence electrons. The molecule has 0 saturated carbocycles. The van der Waals surface area contributed by atoms with Gasteiger partial charge in [0.2, 0.25) is 0 Å². The van der Waals surface area contributed by atoms with Gasteiger partial charge in [0.25, 0.3) is 0 Å². The number of alkyl halides is 1. The first-order chi connectivity index (χ1) is 7.04. The molecule has 0 aliphatic rings. The molecule has 0 radical (unpaired) electrons. The summed E-state index contributed by atoms with van der Waals surface area (Å²) in [6, 6.07) is 3.52. The van der Waals surface area contributed by atoms with Gasteiger partial charge < -0.3 is 4.74 Å². The van der Waals surface area contributed by atoms with Crippen LogP contribution in [0.1, 0.15) is 5.56 Å². The lowest BCUT2D eigenvalue weighted by Crippen LogP contribution is -2.18. The van der Waals surface area contributed by atoms with E-state index in [-0.39, 0.29) is 6.42 Å². The van der Waals surface area contributed by atoms with Gasteiger partial charge in [-0.1, -0.05) is 22.0 Å². The fourth-order valence-electron chi connectivity index (χ4n) is 1.08. The summed E-state index contributed by atoms with van der Waals surface area (Å²) < 4.78 is 29.9. The second-order valence-electron chi connectivity index (χ2n) is 2.94. The molecule has 1 atom stereocenters. The average molecular weight is 279 g/mol. The van der Waals surface area contributed by atoms with Crippen LogP contribution in [0, 0.1) is 11.6 Å². The minimum atomic E-state index is -0.919. The van der Waals surface area contributed by atoms with E-state index < -0.39 is 22.4 Å². The highest BCUT2D eigenvalue weighted by Gasteiger charge is 2.16. The third-order valence-electron chi connectivity index (χ3n) is 1.86. The Hall–Kier alpha value is -0.970. The van der Waals surface area contributed by atoms with Gasteiger partial charge in [-0.2, -0.15) is 0 Å². The number of halogens is 3. The lowest BCUT2D eigenvalue weighted by atomic mass is 10.1. The molecule has 1 aromatic rings. The van der Waals surface area contributed by atoms with E-state index >= 15 is 0 Å². The molecule has 0 aliphatic heterocycles. The van der Waals surface area contributed by atoms with Crippen LogP contribution in [0.2, 0.25) is 0 Å². The van der Waals surface area contributed by atoms with Crippen molar-refractivity contribution in [3.63, 3.8) is 0 Å². The van der Waals surface area contributed by atoms with Gasteiger partial charge in [-0.05, 0) is 24.1 Å². The molecule has 15 heavy (non-hydrogen) atoms. The SMILES string of the molecule is COC(=O)C(Br)Cc1ccc(F)c(F)c1. The number of hydrogen-bond acceptors (Lipinski definition) is 2. The van der Waals surface area contributed by atoms with Gasteiger partial charge in [0.05, 0.1) is 7.11 Å². The zero-order valence-electron chi connectivity index (χ0n) is 7.97. The van der Waals surface area contributed by atoms with E-state index in [9.17, 15) is 13.6 Å². The largest absolute Gasteiger partial charge is 0.468 e. The summed E-state index contributed by atoms with van der Waals surface area (Å²) in [6.07, 6.45) is 0.254.